The number of aliphatic hydroxyl groups is 1. The van der Waals surface area contributed by atoms with E-state index in [1.807, 2.05) is 5.32 Å². The predicted octanol–water partition coefficient (Wildman–Crippen LogP) is 2.18. The number of nitrogens with one attached hydrogen (secondary N) is 1. The summed E-state index contributed by atoms with van der Waals surface area (Å²) in [7, 11) is 0. The average molecular weight is 347 g/mol. The number of aliphatic hydroxyl groups excluding tert-OH is 1. The van der Waals surface area contributed by atoms with Gasteiger partial charge >= 0.3 is 11.8 Å². The third kappa shape index (κ3) is 4.17. The van der Waals surface area contributed by atoms with E-state index in [1.54, 1.807) is 6.92 Å². The van der Waals surface area contributed by atoms with E-state index in [-0.39, 0.29) is 10.9 Å². The highest BCUT2D eigenvalue weighted by Crippen LogP contribution is 2.24. The van der Waals surface area contributed by atoms with E-state index in [9.17, 15) is 23.5 Å². The van der Waals surface area contributed by atoms with Crippen molar-refractivity contribution in [2.45, 2.75) is 25.9 Å². The molecule has 8 heteroatoms. The van der Waals surface area contributed by atoms with Crippen LogP contribution in [-0.4, -0.2) is 41.0 Å². The second-order valence-electron chi connectivity index (χ2n) is 5.57. The van der Waals surface area contributed by atoms with Crippen LogP contribution in [-0.2, 0) is 9.59 Å². The van der Waals surface area contributed by atoms with Crippen LogP contribution in [0.1, 0.15) is 19.8 Å². The number of rotatable bonds is 2. The lowest BCUT2D eigenvalue weighted by molar-refractivity contribution is -0.144. The van der Waals surface area contributed by atoms with Gasteiger partial charge in [-0.25, -0.2) is 8.78 Å². The maximum absolute atomic E-state index is 13.6. The van der Waals surface area contributed by atoms with Gasteiger partial charge in [0.2, 0.25) is 0 Å². The largest absolute Gasteiger partial charge is 0.393 e. The molecule has 0 spiro atoms. The van der Waals surface area contributed by atoms with Crippen LogP contribution in [0.25, 0.3) is 0 Å². The normalized spacial score (nSPS) is 17.0. The molecule has 126 valence electrons. The van der Waals surface area contributed by atoms with Gasteiger partial charge in [0.05, 0.1) is 6.10 Å². The molecular formula is C15H17ClF2N2O3. The Morgan fingerprint density at radius 2 is 1.83 bits per heavy atom. The highest BCUT2D eigenvalue weighted by Gasteiger charge is 2.29. The first-order chi connectivity index (χ1) is 10.8. The Hall–Kier alpha value is -1.73. The van der Waals surface area contributed by atoms with E-state index in [0.29, 0.717) is 25.9 Å². The minimum atomic E-state index is -1.11. The summed E-state index contributed by atoms with van der Waals surface area (Å²) in [6, 6.07) is 1.69. The average Bonchev–Trinajstić information content (AvgIpc) is 2.50. The van der Waals surface area contributed by atoms with Gasteiger partial charge in [-0.3, -0.25) is 9.59 Å². The lowest BCUT2D eigenvalue weighted by Gasteiger charge is -2.32. The summed E-state index contributed by atoms with van der Waals surface area (Å²) < 4.78 is 27.3. The van der Waals surface area contributed by atoms with Crippen LogP contribution in [0.5, 0.6) is 0 Å². The Morgan fingerprint density at radius 1 is 1.30 bits per heavy atom. The molecule has 1 saturated heterocycles. The second kappa shape index (κ2) is 7.23. The van der Waals surface area contributed by atoms with E-state index in [2.05, 4.69) is 0 Å². The van der Waals surface area contributed by atoms with E-state index in [0.717, 1.165) is 12.1 Å². The van der Waals surface area contributed by atoms with Crippen molar-refractivity contribution in [1.29, 1.82) is 0 Å². The molecule has 1 heterocycles. The van der Waals surface area contributed by atoms with Gasteiger partial charge in [0, 0.05) is 18.1 Å². The summed E-state index contributed by atoms with van der Waals surface area (Å²) in [6.07, 6.45) is 0.666. The molecule has 1 aliphatic heterocycles. The maximum Gasteiger partial charge on any atom is 0.314 e. The molecule has 23 heavy (non-hydrogen) atoms. The summed E-state index contributed by atoms with van der Waals surface area (Å²) in [4.78, 5) is 25.3. The van der Waals surface area contributed by atoms with Crippen molar-refractivity contribution in [3.8, 4) is 0 Å². The summed E-state index contributed by atoms with van der Waals surface area (Å²) in [5.41, 5.74) is -0.702. The number of amides is 2. The summed E-state index contributed by atoms with van der Waals surface area (Å²) in [5.74, 6) is -4.00. The zero-order valence-electron chi connectivity index (χ0n) is 12.5. The van der Waals surface area contributed by atoms with Crippen LogP contribution in [0.15, 0.2) is 12.1 Å². The third-order valence-electron chi connectivity index (χ3n) is 3.95. The van der Waals surface area contributed by atoms with Crippen molar-refractivity contribution < 1.29 is 23.5 Å². The first kappa shape index (κ1) is 17.6. The Balaban J connectivity index is 2.00. The highest BCUT2D eigenvalue weighted by atomic mass is 35.5. The maximum atomic E-state index is 13.6. The van der Waals surface area contributed by atoms with Gasteiger partial charge in [-0.2, -0.15) is 0 Å². The summed E-state index contributed by atoms with van der Waals surface area (Å²) in [5, 5.41) is 11.3. The van der Waals surface area contributed by atoms with Gasteiger partial charge in [0.15, 0.2) is 11.6 Å². The number of likely N-dealkylation sites (tertiary alicyclic amines) is 1. The molecule has 0 bridgehead atoms. The Morgan fingerprint density at radius 3 is 2.30 bits per heavy atom. The number of anilines is 1. The van der Waals surface area contributed by atoms with Crippen molar-refractivity contribution in [2.24, 2.45) is 5.92 Å². The molecule has 0 aliphatic carbocycles. The van der Waals surface area contributed by atoms with E-state index >= 15 is 0 Å². The van der Waals surface area contributed by atoms with Gasteiger partial charge in [0.25, 0.3) is 0 Å². The van der Waals surface area contributed by atoms with Crippen LogP contribution < -0.4 is 5.32 Å². The molecule has 1 atom stereocenters. The van der Waals surface area contributed by atoms with Crippen molar-refractivity contribution in [3.05, 3.63) is 28.8 Å². The van der Waals surface area contributed by atoms with E-state index in [4.69, 9.17) is 11.6 Å². The lowest BCUT2D eigenvalue weighted by atomic mass is 9.92. The topological polar surface area (TPSA) is 69.6 Å². The van der Waals surface area contributed by atoms with Crippen molar-refractivity contribution >= 4 is 29.1 Å². The Labute approximate surface area is 137 Å². The van der Waals surface area contributed by atoms with Gasteiger partial charge < -0.3 is 15.3 Å². The monoisotopic (exact) mass is 346 g/mol. The zero-order valence-corrected chi connectivity index (χ0v) is 13.2. The molecule has 0 aromatic heterocycles. The number of carbonyl (C=O) groups is 2. The van der Waals surface area contributed by atoms with E-state index in [1.165, 1.54) is 4.90 Å². The minimum Gasteiger partial charge on any atom is -0.393 e. The third-order valence-corrected chi connectivity index (χ3v) is 4.17. The molecule has 1 aromatic rings. The highest BCUT2D eigenvalue weighted by molar-refractivity contribution is 6.39. The quantitative estimate of drug-likeness (QED) is 0.806. The van der Waals surface area contributed by atoms with Gasteiger partial charge in [0.1, 0.15) is 5.69 Å². The number of benzene rings is 1. The molecule has 1 fully saturated rings. The number of nitrogens with zero attached hydrogens (tertiary/aromatic N) is 1. The molecule has 2 rings (SSSR count). The summed E-state index contributed by atoms with van der Waals surface area (Å²) >= 11 is 5.49. The van der Waals surface area contributed by atoms with Crippen molar-refractivity contribution in [2.75, 3.05) is 18.4 Å². The fourth-order valence-corrected chi connectivity index (χ4v) is 2.75. The first-order valence-corrected chi connectivity index (χ1v) is 7.60. The van der Waals surface area contributed by atoms with Gasteiger partial charge in [-0.05, 0) is 37.8 Å². The standard InChI is InChI=1S/C15H17ClF2N2O3/c1-8(21)9-2-4-20(5-3-9)15(23)14(22)19-13-11(17)6-10(16)7-12(13)18/h6-9,21H,2-5H2,1H3,(H,19,22). The van der Waals surface area contributed by atoms with E-state index < -0.39 is 35.2 Å². The molecule has 0 radical (unpaired) electrons. The number of halogens is 3. The lowest BCUT2D eigenvalue weighted by Crippen LogP contribution is -2.45. The van der Waals surface area contributed by atoms with Gasteiger partial charge in [-0.1, -0.05) is 11.6 Å². The van der Waals surface area contributed by atoms with Crippen LogP contribution in [0, 0.1) is 17.6 Å². The van der Waals surface area contributed by atoms with Crippen molar-refractivity contribution in [1.82, 2.24) is 4.90 Å². The van der Waals surface area contributed by atoms with Crippen LogP contribution in [0.4, 0.5) is 14.5 Å². The van der Waals surface area contributed by atoms with Crippen molar-refractivity contribution in [3.63, 3.8) is 0 Å². The first-order valence-electron chi connectivity index (χ1n) is 7.22. The van der Waals surface area contributed by atoms with Crippen LogP contribution >= 0.6 is 11.6 Å². The zero-order chi connectivity index (χ0) is 17.1. The molecule has 5 nitrogen and oxygen atoms in total. The number of piperidine rings is 1. The second-order valence-corrected chi connectivity index (χ2v) is 6.01. The molecule has 2 N–H and O–H groups in total. The minimum absolute atomic E-state index is 0.0771. The van der Waals surface area contributed by atoms with Crippen LogP contribution in [0.3, 0.4) is 0 Å². The van der Waals surface area contributed by atoms with Gasteiger partial charge in [-0.15, -0.1) is 0 Å². The fourth-order valence-electron chi connectivity index (χ4n) is 2.56. The molecule has 1 aliphatic rings. The molecule has 2 amide bonds. The summed E-state index contributed by atoms with van der Waals surface area (Å²) in [6.45, 7) is 2.31. The smallest absolute Gasteiger partial charge is 0.314 e. The number of hydrogen-bond donors (Lipinski definition) is 2. The molecule has 0 saturated carbocycles. The Kier molecular flexibility index (Phi) is 5.54. The predicted molar refractivity (Wildman–Crippen MR) is 81.0 cm³/mol. The SMILES string of the molecule is CC(O)C1CCN(C(=O)C(=O)Nc2c(F)cc(Cl)cc2F)CC1. The molecule has 1 aromatic carbocycles. The molecular weight excluding hydrogens is 330 g/mol. The van der Waals surface area contributed by atoms with Crippen LogP contribution in [0.2, 0.25) is 5.02 Å². The number of hydrogen-bond acceptors (Lipinski definition) is 3. The fraction of sp³-hybridized carbons (Fsp3) is 0.467. The molecule has 1 unspecified atom stereocenters. The number of carbonyl (C=O) groups excluding carboxylic acids is 2. The Bertz CT molecular complexity index is 594.